The lowest BCUT2D eigenvalue weighted by atomic mass is 9.79. The summed E-state index contributed by atoms with van der Waals surface area (Å²) < 4.78 is 40.1. The summed E-state index contributed by atoms with van der Waals surface area (Å²) in [6, 6.07) is 3.76. The van der Waals surface area contributed by atoms with Crippen LogP contribution in [-0.4, -0.2) is 12.0 Å². The monoisotopic (exact) mass is 513 g/mol. The largest absolute Gasteiger partial charge is 0.462 e. The fourth-order valence-electron chi connectivity index (χ4n) is 4.71. The maximum absolute atomic E-state index is 14.5. The number of fused-ring (bicyclic) bond motifs is 1. The molecule has 3 rings (SSSR count). The summed E-state index contributed by atoms with van der Waals surface area (Å²) in [5, 5.41) is 0.114. The van der Waals surface area contributed by atoms with Crippen LogP contribution < -0.4 is 0 Å². The molecule has 0 N–H and O–H groups in total. The first-order valence-corrected chi connectivity index (χ1v) is 13.4. The van der Waals surface area contributed by atoms with E-state index in [-0.39, 0.29) is 40.3 Å². The minimum Gasteiger partial charge on any atom is -0.462 e. The maximum atomic E-state index is 14.5. The first-order valence-electron chi connectivity index (χ1n) is 13.4. The van der Waals surface area contributed by atoms with Gasteiger partial charge >= 0.3 is 0 Å². The fourth-order valence-corrected chi connectivity index (χ4v) is 4.71. The maximum Gasteiger partial charge on any atom is 0.200 e. The Bertz CT molecular complexity index is 1140. The number of Topliss-reactive ketones (excluding diaryl/α,β-unsaturated/α-hetero) is 1. The van der Waals surface area contributed by atoms with E-state index in [4.69, 9.17) is 14.1 Å². The zero-order valence-electron chi connectivity index (χ0n) is 23.2. The molecule has 202 valence electrons. The van der Waals surface area contributed by atoms with Crippen LogP contribution in [0.4, 0.5) is 8.78 Å². The standard InChI is InChI=1S/C29H35F2NO3.C2H6/c1-7-10-20-19(6)18(5)16-32-27(20)21(12-11-17(4)28(33)25(8-2)34-9-3)26-15-22-23(30)13-14-24(31)29(22)35-26;1-2/h8-9,13-19,21H,3,7,10-12H2,1-2,4-6H3;1-2H3/b25-8-;/t17?,18?,19-,21?;/m0./s1. The first-order chi connectivity index (χ1) is 17.7. The number of carbonyl (C=O) groups is 1. The van der Waals surface area contributed by atoms with E-state index in [1.54, 1.807) is 19.1 Å². The molecular formula is C31H41F2NO3. The molecule has 6 heteroatoms. The molecule has 37 heavy (non-hydrogen) atoms. The van der Waals surface area contributed by atoms with Gasteiger partial charge in [-0.1, -0.05) is 54.5 Å². The van der Waals surface area contributed by atoms with Crippen molar-refractivity contribution in [1.82, 2.24) is 0 Å². The van der Waals surface area contributed by atoms with Gasteiger partial charge in [-0.05, 0) is 67.9 Å². The number of aliphatic imine (C=N–C) groups is 1. The number of hydrogen-bond acceptors (Lipinski definition) is 4. The summed E-state index contributed by atoms with van der Waals surface area (Å²) in [4.78, 5) is 17.7. The van der Waals surface area contributed by atoms with Crippen molar-refractivity contribution in [1.29, 1.82) is 0 Å². The Labute approximate surface area is 220 Å². The van der Waals surface area contributed by atoms with Gasteiger partial charge in [0.15, 0.2) is 22.9 Å². The average Bonchev–Trinajstić information content (AvgIpc) is 3.36. The predicted molar refractivity (Wildman–Crippen MR) is 147 cm³/mol. The normalized spacial score (nSPS) is 19.3. The lowest BCUT2D eigenvalue weighted by Crippen LogP contribution is -2.21. The number of rotatable bonds is 11. The second-order valence-electron chi connectivity index (χ2n) is 9.34. The summed E-state index contributed by atoms with van der Waals surface area (Å²) in [6.45, 7) is 17.6. The number of ether oxygens (including phenoxy) is 1. The summed E-state index contributed by atoms with van der Waals surface area (Å²) in [5.74, 6) is -0.636. The Hall–Kier alpha value is -3.02. The van der Waals surface area contributed by atoms with E-state index >= 15 is 0 Å². The van der Waals surface area contributed by atoms with E-state index in [1.165, 1.54) is 11.8 Å². The zero-order chi connectivity index (χ0) is 27.7. The molecule has 0 saturated carbocycles. The number of carbonyl (C=O) groups excluding carboxylic acids is 1. The van der Waals surface area contributed by atoms with E-state index in [0.29, 0.717) is 24.5 Å². The molecule has 3 unspecified atom stereocenters. The van der Waals surface area contributed by atoms with Crippen molar-refractivity contribution in [3.63, 3.8) is 0 Å². The van der Waals surface area contributed by atoms with Crippen LogP contribution in [0.15, 0.2) is 63.6 Å². The van der Waals surface area contributed by atoms with Gasteiger partial charge in [0.25, 0.3) is 0 Å². The third kappa shape index (κ3) is 6.85. The topological polar surface area (TPSA) is 51.8 Å². The van der Waals surface area contributed by atoms with Crippen molar-refractivity contribution >= 4 is 23.0 Å². The van der Waals surface area contributed by atoms with Gasteiger partial charge in [0.2, 0.25) is 0 Å². The lowest BCUT2D eigenvalue weighted by Gasteiger charge is -2.30. The molecule has 0 bridgehead atoms. The van der Waals surface area contributed by atoms with Crippen molar-refractivity contribution in [2.45, 2.75) is 80.1 Å². The van der Waals surface area contributed by atoms with E-state index in [2.05, 4.69) is 27.4 Å². The van der Waals surface area contributed by atoms with E-state index in [1.807, 2.05) is 27.0 Å². The molecule has 1 aliphatic heterocycles. The van der Waals surface area contributed by atoms with Crippen molar-refractivity contribution in [3.8, 4) is 0 Å². The highest BCUT2D eigenvalue weighted by atomic mass is 19.1. The van der Waals surface area contributed by atoms with Crippen LogP contribution in [0, 0.1) is 29.4 Å². The Morgan fingerprint density at radius 3 is 2.49 bits per heavy atom. The van der Waals surface area contributed by atoms with Crippen molar-refractivity contribution in [2.75, 3.05) is 0 Å². The van der Waals surface area contributed by atoms with Crippen molar-refractivity contribution in [3.05, 3.63) is 71.5 Å². The van der Waals surface area contributed by atoms with Crippen LogP contribution in [0.2, 0.25) is 0 Å². The molecule has 0 amide bonds. The molecule has 4 nitrogen and oxygen atoms in total. The first kappa shape index (κ1) is 30.2. The number of hydrogen-bond donors (Lipinski definition) is 0. The van der Waals surface area contributed by atoms with Gasteiger partial charge in [-0.25, -0.2) is 8.78 Å². The minimum atomic E-state index is -0.605. The SMILES string of the molecule is C=CO/C(=C\C)C(=O)C(C)CCC(C1=C(CCC)[C@@H](C)C(C)C=N1)c1cc2c(F)ccc(F)c2o1.CC. The van der Waals surface area contributed by atoms with Crippen LogP contribution in [-0.2, 0) is 9.53 Å². The predicted octanol–water partition coefficient (Wildman–Crippen LogP) is 9.28. The second kappa shape index (κ2) is 14.1. The van der Waals surface area contributed by atoms with Gasteiger partial charge in [-0.15, -0.1) is 0 Å². The van der Waals surface area contributed by atoms with Crippen molar-refractivity contribution in [2.24, 2.45) is 22.7 Å². The molecular weight excluding hydrogens is 472 g/mol. The highest BCUT2D eigenvalue weighted by molar-refractivity contribution is 5.95. The molecule has 0 aliphatic carbocycles. The fraction of sp³-hybridized carbons (Fsp3) is 0.484. The van der Waals surface area contributed by atoms with Crippen LogP contribution in [0.5, 0.6) is 0 Å². The molecule has 1 aliphatic rings. The molecule has 0 fully saturated rings. The minimum absolute atomic E-state index is 0.0939. The summed E-state index contributed by atoms with van der Waals surface area (Å²) in [6.07, 6.45) is 7.69. The summed E-state index contributed by atoms with van der Waals surface area (Å²) >= 11 is 0. The van der Waals surface area contributed by atoms with Crippen LogP contribution in [0.3, 0.4) is 0 Å². The Balaban J connectivity index is 0.00000235. The molecule has 1 aromatic carbocycles. The van der Waals surface area contributed by atoms with Gasteiger partial charge < -0.3 is 9.15 Å². The van der Waals surface area contributed by atoms with E-state index in [0.717, 1.165) is 30.7 Å². The summed E-state index contributed by atoms with van der Waals surface area (Å²) in [5.41, 5.74) is 2.02. The molecule has 0 spiro atoms. The zero-order valence-corrected chi connectivity index (χ0v) is 23.2. The van der Waals surface area contributed by atoms with Gasteiger partial charge in [-0.3, -0.25) is 9.79 Å². The highest BCUT2D eigenvalue weighted by Crippen LogP contribution is 2.42. The third-order valence-electron chi connectivity index (χ3n) is 6.96. The quantitative estimate of drug-likeness (QED) is 0.222. The van der Waals surface area contributed by atoms with E-state index in [9.17, 15) is 13.6 Å². The summed E-state index contributed by atoms with van der Waals surface area (Å²) in [7, 11) is 0. The van der Waals surface area contributed by atoms with Gasteiger partial charge in [0, 0.05) is 12.1 Å². The molecule has 0 saturated heterocycles. The van der Waals surface area contributed by atoms with Gasteiger partial charge in [0.05, 0.1) is 23.3 Å². The average molecular weight is 514 g/mol. The molecule has 0 radical (unpaired) electrons. The smallest absolute Gasteiger partial charge is 0.200 e. The van der Waals surface area contributed by atoms with Gasteiger partial charge in [-0.2, -0.15) is 0 Å². The number of allylic oxidation sites excluding steroid dienone is 4. The highest BCUT2D eigenvalue weighted by Gasteiger charge is 2.31. The van der Waals surface area contributed by atoms with Gasteiger partial charge in [0.1, 0.15) is 11.6 Å². The van der Waals surface area contributed by atoms with Crippen molar-refractivity contribution < 1.29 is 22.7 Å². The Morgan fingerprint density at radius 1 is 1.22 bits per heavy atom. The Kier molecular flexibility index (Phi) is 11.5. The van der Waals surface area contributed by atoms with E-state index < -0.39 is 11.6 Å². The number of halogens is 2. The third-order valence-corrected chi connectivity index (χ3v) is 6.96. The lowest BCUT2D eigenvalue weighted by molar-refractivity contribution is -0.121. The number of ketones is 1. The Morgan fingerprint density at radius 2 is 1.89 bits per heavy atom. The van der Waals surface area contributed by atoms with Crippen LogP contribution >= 0.6 is 0 Å². The number of benzene rings is 1. The molecule has 2 heterocycles. The van der Waals surface area contributed by atoms with Crippen LogP contribution in [0.25, 0.3) is 11.0 Å². The molecule has 2 aromatic rings. The second-order valence-corrected chi connectivity index (χ2v) is 9.34. The number of nitrogens with zero attached hydrogens (tertiary/aromatic N) is 1. The van der Waals surface area contributed by atoms with Crippen LogP contribution in [0.1, 0.15) is 85.8 Å². The number of furan rings is 1. The molecule has 1 aromatic heterocycles. The molecule has 4 atom stereocenters.